The third-order valence-corrected chi connectivity index (χ3v) is 3.86. The molecule has 0 bridgehead atoms. The number of carbonyl (C=O) groups excluding carboxylic acids is 1. The van der Waals surface area contributed by atoms with E-state index in [0.29, 0.717) is 17.2 Å². The van der Waals surface area contributed by atoms with Crippen LogP contribution in [0.1, 0.15) is 18.4 Å². The smallest absolute Gasteiger partial charge is 0.235 e. The van der Waals surface area contributed by atoms with Crippen LogP contribution in [0.3, 0.4) is 0 Å². The van der Waals surface area contributed by atoms with Gasteiger partial charge < -0.3 is 14.2 Å². The highest BCUT2D eigenvalue weighted by Gasteiger charge is 2.49. The minimum Gasteiger partial charge on any atom is -0.493 e. The summed E-state index contributed by atoms with van der Waals surface area (Å²) in [6.45, 7) is 0. The van der Waals surface area contributed by atoms with Crippen LogP contribution in [0.5, 0.6) is 17.2 Å². The van der Waals surface area contributed by atoms with E-state index >= 15 is 0 Å². The predicted octanol–water partition coefficient (Wildman–Crippen LogP) is 2.80. The van der Waals surface area contributed by atoms with E-state index in [4.69, 9.17) is 14.2 Å². The normalized spacial score (nSPS) is 15.4. The zero-order valence-electron chi connectivity index (χ0n) is 10.9. The number of rotatable bonds is 5. The van der Waals surface area contributed by atoms with Gasteiger partial charge in [-0.1, -0.05) is 15.9 Å². The number of aliphatic imine (C=N–C) groups is 1. The fourth-order valence-electron chi connectivity index (χ4n) is 2.18. The van der Waals surface area contributed by atoms with E-state index in [0.717, 1.165) is 22.9 Å². The van der Waals surface area contributed by atoms with Gasteiger partial charge in [-0.2, -0.15) is 4.99 Å². The maximum absolute atomic E-state index is 10.6. The summed E-state index contributed by atoms with van der Waals surface area (Å²) in [6, 6.07) is 1.79. The zero-order valence-corrected chi connectivity index (χ0v) is 12.5. The Balaban J connectivity index is 2.70. The second kappa shape index (κ2) is 5.23. The highest BCUT2D eigenvalue weighted by molar-refractivity contribution is 9.10. The first-order valence-electron chi connectivity index (χ1n) is 5.71. The van der Waals surface area contributed by atoms with Crippen molar-refractivity contribution < 1.29 is 19.0 Å². The summed E-state index contributed by atoms with van der Waals surface area (Å²) in [5.41, 5.74) is 0.252. The van der Waals surface area contributed by atoms with E-state index in [1.165, 1.54) is 0 Å². The van der Waals surface area contributed by atoms with Gasteiger partial charge in [0.1, 0.15) is 5.54 Å². The van der Waals surface area contributed by atoms with Crippen molar-refractivity contribution in [1.29, 1.82) is 0 Å². The van der Waals surface area contributed by atoms with Gasteiger partial charge in [0, 0.05) is 10.0 Å². The van der Waals surface area contributed by atoms with Crippen LogP contribution in [0, 0.1) is 0 Å². The molecule has 1 aliphatic rings. The van der Waals surface area contributed by atoms with E-state index in [-0.39, 0.29) is 0 Å². The Kier molecular flexibility index (Phi) is 3.83. The fraction of sp³-hybridized carbons (Fsp3) is 0.462. The second-order valence-electron chi connectivity index (χ2n) is 4.24. The van der Waals surface area contributed by atoms with Gasteiger partial charge >= 0.3 is 0 Å². The van der Waals surface area contributed by atoms with E-state index in [1.54, 1.807) is 33.5 Å². The van der Waals surface area contributed by atoms with Gasteiger partial charge in [0.25, 0.3) is 0 Å². The summed E-state index contributed by atoms with van der Waals surface area (Å²) < 4.78 is 16.8. The highest BCUT2D eigenvalue weighted by Crippen LogP contribution is 2.58. The summed E-state index contributed by atoms with van der Waals surface area (Å²) >= 11 is 3.48. The number of hydrogen-bond acceptors (Lipinski definition) is 5. The van der Waals surface area contributed by atoms with Crippen molar-refractivity contribution >= 4 is 22.0 Å². The van der Waals surface area contributed by atoms with Crippen molar-refractivity contribution in [1.82, 2.24) is 0 Å². The molecule has 19 heavy (non-hydrogen) atoms. The van der Waals surface area contributed by atoms with Gasteiger partial charge in [-0.05, 0) is 18.9 Å². The van der Waals surface area contributed by atoms with Gasteiger partial charge in [0.15, 0.2) is 11.5 Å². The van der Waals surface area contributed by atoms with Crippen molar-refractivity contribution in [2.24, 2.45) is 4.99 Å². The third-order valence-electron chi connectivity index (χ3n) is 3.23. The molecule has 0 spiro atoms. The molecule has 5 nitrogen and oxygen atoms in total. The molecule has 2 rings (SSSR count). The third kappa shape index (κ3) is 2.22. The molecule has 0 heterocycles. The van der Waals surface area contributed by atoms with Crippen molar-refractivity contribution in [2.45, 2.75) is 18.4 Å². The molecule has 0 aliphatic heterocycles. The molecular formula is C13H14BrNO4. The maximum Gasteiger partial charge on any atom is 0.235 e. The lowest BCUT2D eigenvalue weighted by atomic mass is 10.0. The van der Waals surface area contributed by atoms with Crippen LogP contribution < -0.4 is 14.2 Å². The average Bonchev–Trinajstić information content (AvgIpc) is 3.17. The number of hydrogen-bond donors (Lipinski definition) is 0. The number of isocyanates is 1. The maximum atomic E-state index is 10.6. The Hall–Kier alpha value is -1.52. The highest BCUT2D eigenvalue weighted by atomic mass is 79.9. The molecule has 0 atom stereocenters. The number of methoxy groups -OCH3 is 3. The largest absolute Gasteiger partial charge is 0.493 e. The van der Waals surface area contributed by atoms with Gasteiger partial charge in [-0.15, -0.1) is 0 Å². The number of halogens is 1. The Labute approximate surface area is 119 Å². The Morgan fingerprint density at radius 1 is 1.21 bits per heavy atom. The van der Waals surface area contributed by atoms with Gasteiger partial charge in [0.05, 0.1) is 21.3 Å². The molecule has 1 aliphatic carbocycles. The molecule has 0 saturated heterocycles. The molecule has 1 aromatic carbocycles. The Bertz CT molecular complexity index is 548. The standard InChI is InChI=1S/C13H14BrNO4/c1-17-9-6-8(14)10(12(19-3)11(9)18-2)13(4-5-13)15-7-16/h6H,4-5H2,1-3H3. The summed E-state index contributed by atoms with van der Waals surface area (Å²) in [5, 5.41) is 0. The van der Waals surface area contributed by atoms with Crippen molar-refractivity contribution in [3.05, 3.63) is 16.1 Å². The fourth-order valence-corrected chi connectivity index (χ4v) is 2.94. The van der Waals surface area contributed by atoms with Crippen LogP contribution in [-0.4, -0.2) is 27.4 Å². The van der Waals surface area contributed by atoms with Crippen LogP contribution in [0.4, 0.5) is 0 Å². The van der Waals surface area contributed by atoms with Gasteiger partial charge in [0.2, 0.25) is 11.8 Å². The molecule has 0 unspecified atom stereocenters. The van der Waals surface area contributed by atoms with E-state index in [1.807, 2.05) is 0 Å². The first-order chi connectivity index (χ1) is 9.13. The van der Waals surface area contributed by atoms with Crippen LogP contribution in [0.2, 0.25) is 0 Å². The minimum absolute atomic E-state index is 0.496. The van der Waals surface area contributed by atoms with Crippen LogP contribution in [0.15, 0.2) is 15.5 Å². The van der Waals surface area contributed by atoms with Crippen molar-refractivity contribution in [3.8, 4) is 17.2 Å². The Morgan fingerprint density at radius 3 is 2.26 bits per heavy atom. The van der Waals surface area contributed by atoms with Gasteiger partial charge in [-0.3, -0.25) is 0 Å². The monoisotopic (exact) mass is 327 g/mol. The lowest BCUT2D eigenvalue weighted by Crippen LogP contribution is -2.08. The first-order valence-corrected chi connectivity index (χ1v) is 6.50. The average molecular weight is 328 g/mol. The molecule has 0 amide bonds. The van der Waals surface area contributed by atoms with Gasteiger partial charge in [-0.25, -0.2) is 4.79 Å². The summed E-state index contributed by atoms with van der Waals surface area (Å²) in [7, 11) is 4.65. The summed E-state index contributed by atoms with van der Waals surface area (Å²) in [6.07, 6.45) is 3.21. The lowest BCUT2D eigenvalue weighted by molar-refractivity contribution is 0.319. The molecule has 6 heteroatoms. The quantitative estimate of drug-likeness (QED) is 0.616. The summed E-state index contributed by atoms with van der Waals surface area (Å²) in [4.78, 5) is 14.5. The van der Waals surface area contributed by atoms with E-state index < -0.39 is 5.54 Å². The number of nitrogens with zero attached hydrogens (tertiary/aromatic N) is 1. The SMILES string of the molecule is COc1cc(Br)c(C2(N=C=O)CC2)c(OC)c1OC. The molecule has 0 aromatic heterocycles. The molecule has 102 valence electrons. The predicted molar refractivity (Wildman–Crippen MR) is 72.8 cm³/mol. The first kappa shape index (κ1) is 13.9. The van der Waals surface area contributed by atoms with Crippen molar-refractivity contribution in [2.75, 3.05) is 21.3 Å². The number of ether oxygens (including phenoxy) is 3. The molecule has 1 aromatic rings. The van der Waals surface area contributed by atoms with Crippen molar-refractivity contribution in [3.63, 3.8) is 0 Å². The van der Waals surface area contributed by atoms with Crippen LogP contribution in [0.25, 0.3) is 0 Å². The minimum atomic E-state index is -0.550. The molecule has 0 radical (unpaired) electrons. The van der Waals surface area contributed by atoms with Crippen LogP contribution in [-0.2, 0) is 10.3 Å². The number of benzene rings is 1. The van der Waals surface area contributed by atoms with Crippen LogP contribution >= 0.6 is 15.9 Å². The molecule has 1 saturated carbocycles. The van der Waals surface area contributed by atoms with E-state index in [2.05, 4.69) is 20.9 Å². The molecular weight excluding hydrogens is 314 g/mol. The second-order valence-corrected chi connectivity index (χ2v) is 5.09. The zero-order chi connectivity index (χ0) is 14.0. The molecule has 1 fully saturated rings. The topological polar surface area (TPSA) is 57.1 Å². The Morgan fingerprint density at radius 2 is 1.84 bits per heavy atom. The lowest BCUT2D eigenvalue weighted by Gasteiger charge is -2.20. The molecule has 0 N–H and O–H groups in total. The van der Waals surface area contributed by atoms with E-state index in [9.17, 15) is 4.79 Å². The summed E-state index contributed by atoms with van der Waals surface area (Å²) in [5.74, 6) is 1.58.